The van der Waals surface area contributed by atoms with Crippen LogP contribution in [0.2, 0.25) is 0 Å². The number of halogens is 2. The summed E-state index contributed by atoms with van der Waals surface area (Å²) in [6.45, 7) is 0. The molecule has 7 heteroatoms. The minimum absolute atomic E-state index is 0.0362. The normalized spacial score (nSPS) is 11.3. The molecule has 0 saturated heterocycles. The van der Waals surface area contributed by atoms with E-state index in [4.69, 9.17) is 5.11 Å². The van der Waals surface area contributed by atoms with E-state index in [2.05, 4.69) is 0 Å². The first-order valence-electron chi connectivity index (χ1n) is 5.80. The SMILES string of the molecule is O=C(O)c1ccccc1S(=O)(=O)Cc1ccc(F)c(F)c1. The summed E-state index contributed by atoms with van der Waals surface area (Å²) in [7, 11) is -3.99. The van der Waals surface area contributed by atoms with Gasteiger partial charge in [-0.2, -0.15) is 0 Å². The van der Waals surface area contributed by atoms with Crippen molar-refractivity contribution < 1.29 is 27.1 Å². The molecule has 2 aromatic carbocycles. The highest BCUT2D eigenvalue weighted by atomic mass is 32.2. The minimum atomic E-state index is -3.99. The van der Waals surface area contributed by atoms with Gasteiger partial charge in [0.2, 0.25) is 0 Å². The molecule has 0 radical (unpaired) electrons. The van der Waals surface area contributed by atoms with Crippen LogP contribution in [0.4, 0.5) is 8.78 Å². The van der Waals surface area contributed by atoms with Gasteiger partial charge in [0, 0.05) is 0 Å². The highest BCUT2D eigenvalue weighted by Crippen LogP contribution is 2.21. The number of aromatic carboxylic acids is 1. The fourth-order valence-electron chi connectivity index (χ4n) is 1.84. The number of carbonyl (C=O) groups is 1. The highest BCUT2D eigenvalue weighted by molar-refractivity contribution is 7.90. The Hall–Kier alpha value is -2.28. The van der Waals surface area contributed by atoms with E-state index in [1.807, 2.05) is 0 Å². The predicted octanol–water partition coefficient (Wildman–Crippen LogP) is 2.64. The quantitative estimate of drug-likeness (QED) is 0.942. The fraction of sp³-hybridized carbons (Fsp3) is 0.0714. The first-order valence-corrected chi connectivity index (χ1v) is 7.45. The summed E-state index contributed by atoms with van der Waals surface area (Å²) in [5.74, 6) is -4.23. The minimum Gasteiger partial charge on any atom is -0.478 e. The second-order valence-electron chi connectivity index (χ2n) is 4.31. The van der Waals surface area contributed by atoms with Crippen molar-refractivity contribution >= 4 is 15.8 Å². The lowest BCUT2D eigenvalue weighted by molar-refractivity contribution is 0.0692. The van der Waals surface area contributed by atoms with Gasteiger partial charge in [-0.15, -0.1) is 0 Å². The van der Waals surface area contributed by atoms with Gasteiger partial charge in [-0.3, -0.25) is 0 Å². The molecule has 2 aromatic rings. The molecule has 21 heavy (non-hydrogen) atoms. The topological polar surface area (TPSA) is 71.4 Å². The summed E-state index contributed by atoms with van der Waals surface area (Å²) < 4.78 is 50.4. The third-order valence-corrected chi connectivity index (χ3v) is 4.53. The van der Waals surface area contributed by atoms with Crippen molar-refractivity contribution in [2.75, 3.05) is 0 Å². The van der Waals surface area contributed by atoms with Crippen LogP contribution in [-0.4, -0.2) is 19.5 Å². The summed E-state index contributed by atoms with van der Waals surface area (Å²) in [6, 6.07) is 7.86. The molecule has 0 heterocycles. The predicted molar refractivity (Wildman–Crippen MR) is 70.6 cm³/mol. The lowest BCUT2D eigenvalue weighted by Gasteiger charge is -2.08. The van der Waals surface area contributed by atoms with Crippen LogP contribution in [0.3, 0.4) is 0 Å². The van der Waals surface area contributed by atoms with E-state index in [0.717, 1.165) is 18.2 Å². The third kappa shape index (κ3) is 3.25. The molecule has 2 rings (SSSR count). The van der Waals surface area contributed by atoms with Crippen LogP contribution in [0.25, 0.3) is 0 Å². The van der Waals surface area contributed by atoms with Crippen LogP contribution in [-0.2, 0) is 15.6 Å². The first-order chi connectivity index (χ1) is 9.81. The molecule has 0 aliphatic heterocycles. The van der Waals surface area contributed by atoms with Crippen molar-refractivity contribution in [1.29, 1.82) is 0 Å². The van der Waals surface area contributed by atoms with Crippen LogP contribution < -0.4 is 0 Å². The first kappa shape index (κ1) is 15.1. The van der Waals surface area contributed by atoms with E-state index in [1.54, 1.807) is 0 Å². The zero-order chi connectivity index (χ0) is 15.6. The van der Waals surface area contributed by atoms with Crippen molar-refractivity contribution in [1.82, 2.24) is 0 Å². The molecule has 0 spiro atoms. The summed E-state index contributed by atoms with van der Waals surface area (Å²) in [5.41, 5.74) is -0.325. The molecule has 0 atom stereocenters. The third-order valence-electron chi connectivity index (χ3n) is 2.79. The van der Waals surface area contributed by atoms with Crippen molar-refractivity contribution in [2.24, 2.45) is 0 Å². The number of hydrogen-bond donors (Lipinski definition) is 1. The van der Waals surface area contributed by atoms with E-state index in [-0.39, 0.29) is 16.0 Å². The standard InChI is InChI=1S/C14H10F2O4S/c15-11-6-5-9(7-12(11)16)8-21(19,20)13-4-2-1-3-10(13)14(17)18/h1-7H,8H2,(H,17,18). The molecule has 0 amide bonds. The van der Waals surface area contributed by atoms with Gasteiger partial charge in [-0.1, -0.05) is 18.2 Å². The lowest BCUT2D eigenvalue weighted by atomic mass is 10.2. The molecular weight excluding hydrogens is 302 g/mol. The highest BCUT2D eigenvalue weighted by Gasteiger charge is 2.22. The Morgan fingerprint density at radius 3 is 2.33 bits per heavy atom. The van der Waals surface area contributed by atoms with Gasteiger partial charge in [-0.05, 0) is 29.8 Å². The van der Waals surface area contributed by atoms with Crippen molar-refractivity contribution in [3.63, 3.8) is 0 Å². The number of carboxylic acid groups (broad SMARTS) is 1. The molecule has 1 N–H and O–H groups in total. The molecule has 0 saturated carbocycles. The van der Waals surface area contributed by atoms with Gasteiger partial charge in [0.05, 0.1) is 16.2 Å². The Labute approximate surface area is 119 Å². The Balaban J connectivity index is 2.43. The maximum atomic E-state index is 13.1. The monoisotopic (exact) mass is 312 g/mol. The second-order valence-corrected chi connectivity index (χ2v) is 6.27. The zero-order valence-electron chi connectivity index (χ0n) is 10.6. The van der Waals surface area contributed by atoms with E-state index in [0.29, 0.717) is 0 Å². The molecule has 0 fully saturated rings. The van der Waals surface area contributed by atoms with E-state index >= 15 is 0 Å². The van der Waals surface area contributed by atoms with Crippen molar-refractivity contribution in [3.05, 3.63) is 65.2 Å². The summed E-state index contributed by atoms with van der Waals surface area (Å²) in [5, 5.41) is 9.00. The van der Waals surface area contributed by atoms with Gasteiger partial charge in [0.25, 0.3) is 0 Å². The van der Waals surface area contributed by atoms with Crippen molar-refractivity contribution in [3.8, 4) is 0 Å². The Bertz CT molecular complexity index is 800. The van der Waals surface area contributed by atoms with Gasteiger partial charge in [0.1, 0.15) is 0 Å². The lowest BCUT2D eigenvalue weighted by Crippen LogP contribution is -2.11. The molecule has 0 aliphatic carbocycles. The van der Waals surface area contributed by atoms with Gasteiger partial charge in [-0.25, -0.2) is 22.0 Å². The number of carboxylic acids is 1. The van der Waals surface area contributed by atoms with E-state index in [9.17, 15) is 22.0 Å². The molecule has 0 bridgehead atoms. The fourth-order valence-corrected chi connectivity index (χ4v) is 3.39. The summed E-state index contributed by atoms with van der Waals surface area (Å²) in [6.07, 6.45) is 0. The average Bonchev–Trinajstić information content (AvgIpc) is 2.42. The molecule has 0 unspecified atom stereocenters. The Morgan fingerprint density at radius 2 is 1.71 bits per heavy atom. The maximum Gasteiger partial charge on any atom is 0.337 e. The Kier molecular flexibility index (Phi) is 4.04. The number of rotatable bonds is 4. The molecule has 4 nitrogen and oxygen atoms in total. The van der Waals surface area contributed by atoms with E-state index < -0.39 is 33.2 Å². The maximum absolute atomic E-state index is 13.1. The van der Waals surface area contributed by atoms with Gasteiger partial charge >= 0.3 is 5.97 Å². The van der Waals surface area contributed by atoms with Crippen LogP contribution in [0, 0.1) is 11.6 Å². The Morgan fingerprint density at radius 1 is 1.05 bits per heavy atom. The number of hydrogen-bond acceptors (Lipinski definition) is 3. The summed E-state index contributed by atoms with van der Waals surface area (Å²) >= 11 is 0. The molecule has 0 aromatic heterocycles. The van der Waals surface area contributed by atoms with Crippen molar-refractivity contribution in [2.45, 2.75) is 10.6 Å². The van der Waals surface area contributed by atoms with Gasteiger partial charge < -0.3 is 5.11 Å². The van der Waals surface area contributed by atoms with Crippen LogP contribution in [0.1, 0.15) is 15.9 Å². The number of benzene rings is 2. The zero-order valence-corrected chi connectivity index (χ0v) is 11.4. The molecular formula is C14H10F2O4S. The van der Waals surface area contributed by atoms with Crippen LogP contribution >= 0.6 is 0 Å². The molecule has 0 aliphatic rings. The van der Waals surface area contributed by atoms with Crippen LogP contribution in [0.5, 0.6) is 0 Å². The second kappa shape index (κ2) is 5.61. The smallest absolute Gasteiger partial charge is 0.337 e. The van der Waals surface area contributed by atoms with Crippen LogP contribution in [0.15, 0.2) is 47.4 Å². The van der Waals surface area contributed by atoms with E-state index in [1.165, 1.54) is 24.3 Å². The largest absolute Gasteiger partial charge is 0.478 e. The molecule has 110 valence electrons. The van der Waals surface area contributed by atoms with Gasteiger partial charge in [0.15, 0.2) is 21.5 Å². The summed E-state index contributed by atoms with van der Waals surface area (Å²) in [4.78, 5) is 10.7. The average molecular weight is 312 g/mol. The number of sulfone groups is 1.